The number of methoxy groups -OCH3 is 1. The summed E-state index contributed by atoms with van der Waals surface area (Å²) in [6, 6.07) is 2.83. The van der Waals surface area contributed by atoms with Crippen molar-refractivity contribution < 1.29 is 9.66 Å². The number of ether oxygens (including phenoxy) is 1. The number of nitrogens with zero attached hydrogens (tertiary/aromatic N) is 2. The lowest BCUT2D eigenvalue weighted by Gasteiger charge is -2.20. The van der Waals surface area contributed by atoms with Crippen molar-refractivity contribution >= 4 is 17.3 Å². The zero-order valence-electron chi connectivity index (χ0n) is 10.1. The van der Waals surface area contributed by atoms with Gasteiger partial charge in [0, 0.05) is 13.2 Å². The Morgan fingerprint density at radius 1 is 1.56 bits per heavy atom. The number of hydrogen-bond acceptors (Lipinski definition) is 6. The molecule has 0 bridgehead atoms. The third kappa shape index (κ3) is 2.51. The molecule has 7 heteroatoms. The number of aromatic nitrogens is 1. The van der Waals surface area contributed by atoms with Gasteiger partial charge in [-0.2, -0.15) is 0 Å². The van der Waals surface area contributed by atoms with Crippen LogP contribution in [-0.2, 0) is 4.74 Å². The van der Waals surface area contributed by atoms with Gasteiger partial charge in [-0.15, -0.1) is 0 Å². The van der Waals surface area contributed by atoms with Crippen molar-refractivity contribution in [2.75, 3.05) is 18.2 Å². The fourth-order valence-electron chi connectivity index (χ4n) is 2.27. The van der Waals surface area contributed by atoms with Gasteiger partial charge in [0.2, 0.25) is 5.82 Å². The molecule has 0 aromatic carbocycles. The van der Waals surface area contributed by atoms with E-state index in [1.54, 1.807) is 7.11 Å². The molecule has 0 amide bonds. The first kappa shape index (κ1) is 12.6. The maximum Gasteiger partial charge on any atom is 0.311 e. The van der Waals surface area contributed by atoms with E-state index < -0.39 is 4.92 Å². The van der Waals surface area contributed by atoms with Gasteiger partial charge in [-0.1, -0.05) is 0 Å². The van der Waals surface area contributed by atoms with Gasteiger partial charge in [0.25, 0.3) is 0 Å². The molecule has 0 spiro atoms. The van der Waals surface area contributed by atoms with Crippen molar-refractivity contribution in [3.05, 3.63) is 22.2 Å². The van der Waals surface area contributed by atoms with E-state index in [9.17, 15) is 10.1 Å². The van der Waals surface area contributed by atoms with Crippen LogP contribution in [0.1, 0.15) is 19.3 Å². The minimum absolute atomic E-state index is 0.0444. The van der Waals surface area contributed by atoms with Crippen molar-refractivity contribution in [2.45, 2.75) is 31.4 Å². The average Bonchev–Trinajstić information content (AvgIpc) is 2.76. The highest BCUT2D eigenvalue weighted by Crippen LogP contribution is 2.29. The number of nitrogens with two attached hydrogens (primary N) is 1. The van der Waals surface area contributed by atoms with Crippen LogP contribution in [0, 0.1) is 10.1 Å². The Morgan fingerprint density at radius 3 is 3.00 bits per heavy atom. The lowest BCUT2D eigenvalue weighted by Crippen LogP contribution is -2.30. The summed E-state index contributed by atoms with van der Waals surface area (Å²) < 4.78 is 5.34. The molecule has 1 aromatic rings. The second-order valence-electron chi connectivity index (χ2n) is 4.32. The Labute approximate surface area is 104 Å². The SMILES string of the molecule is COC1CCCC1Nc1nc(N)ccc1[N+](=O)[O-]. The molecule has 1 fully saturated rings. The summed E-state index contributed by atoms with van der Waals surface area (Å²) in [6.07, 6.45) is 2.95. The molecule has 2 rings (SSSR count). The monoisotopic (exact) mass is 252 g/mol. The molecular formula is C11H16N4O3. The second kappa shape index (κ2) is 5.18. The Kier molecular flexibility index (Phi) is 3.61. The van der Waals surface area contributed by atoms with E-state index in [-0.39, 0.29) is 29.5 Å². The summed E-state index contributed by atoms with van der Waals surface area (Å²) in [6.45, 7) is 0. The number of rotatable bonds is 4. The van der Waals surface area contributed by atoms with E-state index in [0.717, 1.165) is 19.3 Å². The molecular weight excluding hydrogens is 236 g/mol. The molecule has 98 valence electrons. The predicted molar refractivity (Wildman–Crippen MR) is 67.4 cm³/mol. The zero-order valence-corrected chi connectivity index (χ0v) is 10.1. The highest BCUT2D eigenvalue weighted by atomic mass is 16.6. The smallest absolute Gasteiger partial charge is 0.311 e. The van der Waals surface area contributed by atoms with Crippen LogP contribution < -0.4 is 11.1 Å². The van der Waals surface area contributed by atoms with Crippen LogP contribution in [0.2, 0.25) is 0 Å². The molecule has 1 saturated carbocycles. The van der Waals surface area contributed by atoms with Crippen molar-refractivity contribution in [3.63, 3.8) is 0 Å². The molecule has 1 aromatic heterocycles. The summed E-state index contributed by atoms with van der Waals surface area (Å²) in [5.74, 6) is 0.476. The zero-order chi connectivity index (χ0) is 13.1. The highest BCUT2D eigenvalue weighted by Gasteiger charge is 2.29. The van der Waals surface area contributed by atoms with Crippen LogP contribution in [0.5, 0.6) is 0 Å². The lowest BCUT2D eigenvalue weighted by molar-refractivity contribution is -0.384. The molecule has 0 saturated heterocycles. The topological polar surface area (TPSA) is 103 Å². The van der Waals surface area contributed by atoms with Crippen LogP contribution in [0.4, 0.5) is 17.3 Å². The third-order valence-corrected chi connectivity index (χ3v) is 3.17. The van der Waals surface area contributed by atoms with Crippen LogP contribution in [-0.4, -0.2) is 29.2 Å². The van der Waals surface area contributed by atoms with Gasteiger partial charge in [0.15, 0.2) is 0 Å². The summed E-state index contributed by atoms with van der Waals surface area (Å²) in [5, 5.41) is 14.0. The van der Waals surface area contributed by atoms with Crippen LogP contribution in [0.15, 0.2) is 12.1 Å². The third-order valence-electron chi connectivity index (χ3n) is 3.17. The maximum absolute atomic E-state index is 10.9. The molecule has 18 heavy (non-hydrogen) atoms. The fraction of sp³-hybridized carbons (Fsp3) is 0.545. The van der Waals surface area contributed by atoms with E-state index in [0.29, 0.717) is 0 Å². The normalized spacial score (nSPS) is 22.9. The number of anilines is 2. The number of pyridine rings is 1. The lowest BCUT2D eigenvalue weighted by atomic mass is 10.2. The highest BCUT2D eigenvalue weighted by molar-refractivity contribution is 5.59. The van der Waals surface area contributed by atoms with Gasteiger partial charge in [-0.05, 0) is 25.3 Å². The molecule has 1 aliphatic rings. The van der Waals surface area contributed by atoms with Crippen molar-refractivity contribution in [3.8, 4) is 0 Å². The summed E-state index contributed by atoms with van der Waals surface area (Å²) >= 11 is 0. The van der Waals surface area contributed by atoms with Crippen molar-refractivity contribution in [2.24, 2.45) is 0 Å². The number of nitrogens with one attached hydrogen (secondary N) is 1. The van der Waals surface area contributed by atoms with E-state index >= 15 is 0 Å². The summed E-state index contributed by atoms with van der Waals surface area (Å²) in [5.41, 5.74) is 5.50. The maximum atomic E-state index is 10.9. The molecule has 1 heterocycles. The van der Waals surface area contributed by atoms with Gasteiger partial charge in [0.05, 0.1) is 17.1 Å². The van der Waals surface area contributed by atoms with Gasteiger partial charge in [-0.3, -0.25) is 10.1 Å². The minimum atomic E-state index is -0.467. The van der Waals surface area contributed by atoms with Gasteiger partial charge < -0.3 is 15.8 Å². The van der Waals surface area contributed by atoms with Crippen molar-refractivity contribution in [1.82, 2.24) is 4.98 Å². The molecule has 3 N–H and O–H groups in total. The van der Waals surface area contributed by atoms with Gasteiger partial charge in [0.1, 0.15) is 5.82 Å². The first-order valence-electron chi connectivity index (χ1n) is 5.82. The second-order valence-corrected chi connectivity index (χ2v) is 4.32. The van der Waals surface area contributed by atoms with Crippen molar-refractivity contribution in [1.29, 1.82) is 0 Å². The van der Waals surface area contributed by atoms with Crippen LogP contribution in [0.25, 0.3) is 0 Å². The summed E-state index contributed by atoms with van der Waals surface area (Å²) in [7, 11) is 1.64. The van der Waals surface area contributed by atoms with Gasteiger partial charge >= 0.3 is 5.69 Å². The quantitative estimate of drug-likeness (QED) is 0.622. The van der Waals surface area contributed by atoms with E-state index in [2.05, 4.69) is 10.3 Å². The van der Waals surface area contributed by atoms with Gasteiger partial charge in [-0.25, -0.2) is 4.98 Å². The summed E-state index contributed by atoms with van der Waals surface area (Å²) in [4.78, 5) is 14.4. The Balaban J connectivity index is 2.22. The molecule has 0 radical (unpaired) electrons. The molecule has 0 aliphatic heterocycles. The standard InChI is InChI=1S/C11H16N4O3/c1-18-9-4-2-3-7(9)13-11-8(15(16)17)5-6-10(12)14-11/h5-7,9H,2-4H2,1H3,(H3,12,13,14). The molecule has 7 nitrogen and oxygen atoms in total. The molecule has 2 unspecified atom stereocenters. The Morgan fingerprint density at radius 2 is 2.33 bits per heavy atom. The largest absolute Gasteiger partial charge is 0.384 e. The molecule has 1 aliphatic carbocycles. The van der Waals surface area contributed by atoms with E-state index in [1.807, 2.05) is 0 Å². The number of hydrogen-bond donors (Lipinski definition) is 2. The molecule has 2 atom stereocenters. The first-order chi connectivity index (χ1) is 8.61. The predicted octanol–water partition coefficient (Wildman–Crippen LogP) is 1.55. The average molecular weight is 252 g/mol. The van der Waals surface area contributed by atoms with Crippen LogP contribution >= 0.6 is 0 Å². The van der Waals surface area contributed by atoms with E-state index in [1.165, 1.54) is 12.1 Å². The van der Waals surface area contributed by atoms with Crippen LogP contribution in [0.3, 0.4) is 0 Å². The fourth-order valence-corrected chi connectivity index (χ4v) is 2.27. The number of nitro groups is 1. The number of nitrogen functional groups attached to an aromatic ring is 1. The van der Waals surface area contributed by atoms with E-state index in [4.69, 9.17) is 10.5 Å². The minimum Gasteiger partial charge on any atom is -0.384 e. The Hall–Kier alpha value is -1.89. The Bertz CT molecular complexity index is 452. The first-order valence-corrected chi connectivity index (χ1v) is 5.82.